The summed E-state index contributed by atoms with van der Waals surface area (Å²) in [5.41, 5.74) is -0.0106. The van der Waals surface area contributed by atoms with Crippen LogP contribution in [0.25, 0.3) is 5.76 Å². The summed E-state index contributed by atoms with van der Waals surface area (Å²) in [7, 11) is 2.72. The third-order valence-corrected chi connectivity index (χ3v) is 5.79. The second-order valence-corrected chi connectivity index (χ2v) is 8.06. The third kappa shape index (κ3) is 5.03. The molecule has 4 rings (SSSR count). The van der Waals surface area contributed by atoms with Crippen molar-refractivity contribution < 1.29 is 42.1 Å². The van der Waals surface area contributed by atoms with E-state index in [2.05, 4.69) is 9.72 Å². The Morgan fingerprint density at radius 2 is 1.70 bits per heavy atom. The van der Waals surface area contributed by atoms with Crippen molar-refractivity contribution in [2.75, 3.05) is 19.1 Å². The molecule has 0 spiro atoms. The quantitative estimate of drug-likeness (QED) is 0.261. The number of hydrogen-bond donors (Lipinski definition) is 1. The molecule has 192 valence electrons. The fraction of sp³-hybridized carbons (Fsp3) is 0.160. The topological polar surface area (TPSA) is 98.2 Å². The molecule has 0 radical (unpaired) electrons. The zero-order valence-electron chi connectivity index (χ0n) is 19.2. The molecule has 3 aromatic rings. The van der Waals surface area contributed by atoms with Crippen LogP contribution in [0.3, 0.4) is 0 Å². The van der Waals surface area contributed by atoms with Gasteiger partial charge in [0.2, 0.25) is 0 Å². The van der Waals surface area contributed by atoms with Gasteiger partial charge in [-0.15, -0.1) is 13.2 Å². The molecule has 1 aliphatic heterocycles. The average molecular weight is 535 g/mol. The molecule has 1 unspecified atom stereocenters. The molecule has 0 bridgehead atoms. The lowest BCUT2D eigenvalue weighted by molar-refractivity contribution is -0.274. The van der Waals surface area contributed by atoms with Crippen molar-refractivity contribution in [3.05, 3.63) is 82.6 Å². The van der Waals surface area contributed by atoms with Crippen LogP contribution in [0.15, 0.2) is 66.4 Å². The van der Waals surface area contributed by atoms with Gasteiger partial charge in [-0.2, -0.15) is 0 Å². The molecule has 1 fully saturated rings. The molecule has 12 heteroatoms. The predicted octanol–water partition coefficient (Wildman–Crippen LogP) is 5.28. The van der Waals surface area contributed by atoms with E-state index in [1.54, 1.807) is 12.1 Å². The first-order valence-electron chi connectivity index (χ1n) is 10.6. The SMILES string of the molecule is COc1cc(OC)c(/C(O)=C2\C(=O)C(=O)N(c3ccc(OC(F)(F)F)cc3)C2c2ccccn2)cc1Cl. The van der Waals surface area contributed by atoms with Crippen LogP contribution in [0, 0.1) is 0 Å². The molecule has 1 amide bonds. The number of methoxy groups -OCH3 is 2. The number of ketones is 1. The molecule has 1 aromatic heterocycles. The maximum Gasteiger partial charge on any atom is 0.573 e. The zero-order valence-corrected chi connectivity index (χ0v) is 20.0. The Balaban J connectivity index is 1.89. The van der Waals surface area contributed by atoms with Gasteiger partial charge in [-0.1, -0.05) is 17.7 Å². The maximum atomic E-state index is 13.2. The molecule has 0 aliphatic carbocycles. The highest BCUT2D eigenvalue weighted by atomic mass is 35.5. The van der Waals surface area contributed by atoms with E-state index in [-0.39, 0.29) is 39.0 Å². The van der Waals surface area contributed by atoms with Gasteiger partial charge in [0.1, 0.15) is 29.0 Å². The van der Waals surface area contributed by atoms with Crippen LogP contribution < -0.4 is 19.1 Å². The van der Waals surface area contributed by atoms with Crippen molar-refractivity contribution in [2.24, 2.45) is 0 Å². The number of alkyl halides is 3. The molecule has 2 heterocycles. The van der Waals surface area contributed by atoms with Crippen LogP contribution in [0.2, 0.25) is 5.02 Å². The smallest absolute Gasteiger partial charge is 0.507 e. The average Bonchev–Trinajstić information content (AvgIpc) is 3.13. The van der Waals surface area contributed by atoms with Gasteiger partial charge < -0.3 is 19.3 Å². The molecule has 0 saturated carbocycles. The summed E-state index contributed by atoms with van der Waals surface area (Å²) in [5, 5.41) is 11.4. The Hall–Kier alpha value is -4.25. The van der Waals surface area contributed by atoms with E-state index in [9.17, 15) is 27.9 Å². The molecule has 1 atom stereocenters. The lowest BCUT2D eigenvalue weighted by atomic mass is 9.97. The Morgan fingerprint density at radius 3 is 2.27 bits per heavy atom. The van der Waals surface area contributed by atoms with Crippen molar-refractivity contribution in [1.82, 2.24) is 4.98 Å². The van der Waals surface area contributed by atoms with Crippen LogP contribution in [-0.2, 0) is 9.59 Å². The number of nitrogens with zero attached hydrogens (tertiary/aromatic N) is 2. The molecular formula is C25H18ClF3N2O6. The summed E-state index contributed by atoms with van der Waals surface area (Å²) in [6.45, 7) is 0. The van der Waals surface area contributed by atoms with E-state index < -0.39 is 35.6 Å². The molecule has 1 aliphatic rings. The van der Waals surface area contributed by atoms with Gasteiger partial charge >= 0.3 is 6.36 Å². The fourth-order valence-corrected chi connectivity index (χ4v) is 4.16. The number of amides is 1. The second-order valence-electron chi connectivity index (χ2n) is 7.65. The molecule has 37 heavy (non-hydrogen) atoms. The van der Waals surface area contributed by atoms with Crippen LogP contribution in [-0.4, -0.2) is 42.4 Å². The van der Waals surface area contributed by atoms with E-state index in [0.29, 0.717) is 0 Å². The minimum atomic E-state index is -4.90. The van der Waals surface area contributed by atoms with E-state index in [1.807, 2.05) is 0 Å². The van der Waals surface area contributed by atoms with E-state index in [0.717, 1.165) is 17.0 Å². The van der Waals surface area contributed by atoms with E-state index in [4.69, 9.17) is 21.1 Å². The summed E-state index contributed by atoms with van der Waals surface area (Å²) < 4.78 is 52.1. The Labute approximate surface area is 213 Å². The number of carbonyl (C=O) groups excluding carboxylic acids is 2. The number of aliphatic hydroxyl groups is 1. The lowest BCUT2D eigenvalue weighted by Gasteiger charge is -2.25. The summed E-state index contributed by atoms with van der Waals surface area (Å²) in [5.74, 6) is -2.82. The van der Waals surface area contributed by atoms with E-state index in [1.165, 1.54) is 50.7 Å². The molecule has 8 nitrogen and oxygen atoms in total. The zero-order chi connectivity index (χ0) is 26.9. The highest BCUT2D eigenvalue weighted by molar-refractivity contribution is 6.51. The number of halogens is 4. The van der Waals surface area contributed by atoms with Crippen LogP contribution in [0.4, 0.5) is 18.9 Å². The van der Waals surface area contributed by atoms with Gasteiger partial charge in [-0.05, 0) is 42.5 Å². The van der Waals surface area contributed by atoms with Crippen molar-refractivity contribution >= 4 is 34.7 Å². The Morgan fingerprint density at radius 1 is 1.03 bits per heavy atom. The summed E-state index contributed by atoms with van der Waals surface area (Å²) in [6, 6.07) is 10.7. The number of hydrogen-bond acceptors (Lipinski definition) is 7. The number of aliphatic hydroxyl groups excluding tert-OH is 1. The molecule has 1 saturated heterocycles. The van der Waals surface area contributed by atoms with Crippen LogP contribution in [0.5, 0.6) is 17.2 Å². The van der Waals surface area contributed by atoms with Crippen molar-refractivity contribution in [1.29, 1.82) is 0 Å². The number of carbonyl (C=O) groups is 2. The highest BCUT2D eigenvalue weighted by Gasteiger charge is 2.48. The van der Waals surface area contributed by atoms with Gasteiger partial charge in [0.05, 0.1) is 36.1 Å². The standard InChI is InChI=1S/C25H18ClF3N2O6/c1-35-18-12-19(36-2)16(26)11-15(18)22(32)20-21(17-5-3-4-10-30-17)31(24(34)23(20)33)13-6-8-14(9-7-13)37-25(27,28)29/h3-12,21,32H,1-2H3/b22-20+. The molecule has 1 N–H and O–H groups in total. The summed E-state index contributed by atoms with van der Waals surface area (Å²) >= 11 is 6.23. The third-order valence-electron chi connectivity index (χ3n) is 5.49. The summed E-state index contributed by atoms with van der Waals surface area (Å²) in [4.78, 5) is 31.7. The van der Waals surface area contributed by atoms with E-state index >= 15 is 0 Å². The van der Waals surface area contributed by atoms with Gasteiger partial charge in [-0.3, -0.25) is 19.5 Å². The highest BCUT2D eigenvalue weighted by Crippen LogP contribution is 2.44. The Kier molecular flexibility index (Phi) is 6.99. The number of rotatable bonds is 6. The number of benzene rings is 2. The number of pyridine rings is 1. The minimum absolute atomic E-state index is 0.0150. The van der Waals surface area contributed by atoms with Crippen LogP contribution in [0.1, 0.15) is 17.3 Å². The number of aromatic nitrogens is 1. The first kappa shape index (κ1) is 25.8. The Bertz CT molecular complexity index is 1380. The van der Waals surface area contributed by atoms with Crippen LogP contribution >= 0.6 is 11.6 Å². The first-order valence-corrected chi connectivity index (χ1v) is 10.9. The van der Waals surface area contributed by atoms with Crippen molar-refractivity contribution in [3.63, 3.8) is 0 Å². The maximum absolute atomic E-state index is 13.2. The lowest BCUT2D eigenvalue weighted by Crippen LogP contribution is -2.29. The number of anilines is 1. The van der Waals surface area contributed by atoms with Gasteiger partial charge in [-0.25, -0.2) is 0 Å². The minimum Gasteiger partial charge on any atom is -0.507 e. The van der Waals surface area contributed by atoms with Gasteiger partial charge in [0.25, 0.3) is 11.7 Å². The molecular weight excluding hydrogens is 517 g/mol. The normalized spacial score (nSPS) is 17.1. The predicted molar refractivity (Wildman–Crippen MR) is 127 cm³/mol. The largest absolute Gasteiger partial charge is 0.573 e. The second kappa shape index (κ2) is 10.0. The number of ether oxygens (including phenoxy) is 3. The molecule has 2 aromatic carbocycles. The van der Waals surface area contributed by atoms with Gasteiger partial charge in [0.15, 0.2) is 0 Å². The van der Waals surface area contributed by atoms with Crippen molar-refractivity contribution in [2.45, 2.75) is 12.4 Å². The first-order chi connectivity index (χ1) is 17.6. The van der Waals surface area contributed by atoms with Crippen molar-refractivity contribution in [3.8, 4) is 17.2 Å². The number of Topliss-reactive ketones (excluding diaryl/α,β-unsaturated/α-hetero) is 1. The van der Waals surface area contributed by atoms with Gasteiger partial charge in [0, 0.05) is 18.0 Å². The summed E-state index contributed by atoms with van der Waals surface area (Å²) in [6.07, 6.45) is -3.47. The monoisotopic (exact) mass is 534 g/mol. The fourth-order valence-electron chi connectivity index (χ4n) is 3.91.